The number of halogens is 2. The number of rotatable bonds is 5. The monoisotopic (exact) mass is 319 g/mol. The van der Waals surface area contributed by atoms with E-state index in [9.17, 15) is 4.39 Å². The molecule has 0 aliphatic heterocycles. The van der Waals surface area contributed by atoms with Gasteiger partial charge >= 0.3 is 0 Å². The first-order valence-electron chi connectivity index (χ1n) is 5.59. The van der Waals surface area contributed by atoms with Gasteiger partial charge in [0, 0.05) is 17.3 Å². The van der Waals surface area contributed by atoms with Gasteiger partial charge in [0.1, 0.15) is 5.82 Å². The summed E-state index contributed by atoms with van der Waals surface area (Å²) in [6, 6.07) is 5.37. The summed E-state index contributed by atoms with van der Waals surface area (Å²) < 4.78 is 13.9. The lowest BCUT2D eigenvalue weighted by Crippen LogP contribution is -2.33. The van der Waals surface area contributed by atoms with Gasteiger partial charge in [0.15, 0.2) is 0 Å². The Labute approximate surface area is 116 Å². The van der Waals surface area contributed by atoms with Crippen molar-refractivity contribution in [2.45, 2.75) is 31.6 Å². The summed E-state index contributed by atoms with van der Waals surface area (Å²) in [6.07, 6.45) is 2.11. The molecule has 0 spiro atoms. The quantitative estimate of drug-likeness (QED) is 0.864. The van der Waals surface area contributed by atoms with Gasteiger partial charge in [0.2, 0.25) is 0 Å². The molecule has 1 atom stereocenters. The second kappa shape index (κ2) is 6.21. The summed E-state index contributed by atoms with van der Waals surface area (Å²) in [7, 11) is 0. The predicted molar refractivity (Wildman–Crippen MR) is 78.1 cm³/mol. The molecular formula is C13H19BrFNS. The molecule has 0 amide bonds. The lowest BCUT2D eigenvalue weighted by Gasteiger charge is -2.25. The zero-order chi connectivity index (χ0) is 13.1. The van der Waals surface area contributed by atoms with Crippen LogP contribution in [0.15, 0.2) is 22.7 Å². The van der Waals surface area contributed by atoms with Crippen molar-refractivity contribution in [1.29, 1.82) is 0 Å². The van der Waals surface area contributed by atoms with Gasteiger partial charge in [-0.15, -0.1) is 0 Å². The third kappa shape index (κ3) is 4.60. The molecule has 0 aliphatic rings. The molecule has 0 heterocycles. The van der Waals surface area contributed by atoms with Crippen LogP contribution in [0.2, 0.25) is 0 Å². The van der Waals surface area contributed by atoms with Gasteiger partial charge in [-0.25, -0.2) is 4.39 Å². The van der Waals surface area contributed by atoms with Crippen molar-refractivity contribution in [1.82, 2.24) is 5.32 Å². The highest BCUT2D eigenvalue weighted by Gasteiger charge is 2.17. The maximum atomic E-state index is 13.1. The fraction of sp³-hybridized carbons (Fsp3) is 0.538. The third-order valence-electron chi connectivity index (χ3n) is 2.83. The van der Waals surface area contributed by atoms with Crippen molar-refractivity contribution < 1.29 is 4.39 Å². The van der Waals surface area contributed by atoms with Crippen molar-refractivity contribution in [2.75, 3.05) is 12.8 Å². The van der Waals surface area contributed by atoms with E-state index in [1.807, 2.05) is 23.9 Å². The molecule has 17 heavy (non-hydrogen) atoms. The molecule has 0 radical (unpaired) electrons. The molecule has 1 nitrogen and oxygen atoms in total. The SMILES string of the molecule is CSC(C)(C)CNC(C)c1ccc(F)c(Br)c1. The van der Waals surface area contributed by atoms with Crippen LogP contribution in [0.3, 0.4) is 0 Å². The van der Waals surface area contributed by atoms with Crippen molar-refractivity contribution in [3.05, 3.63) is 34.1 Å². The van der Waals surface area contributed by atoms with Gasteiger partial charge in [-0.05, 0) is 60.7 Å². The molecule has 1 aromatic carbocycles. The molecular weight excluding hydrogens is 301 g/mol. The van der Waals surface area contributed by atoms with E-state index in [0.29, 0.717) is 4.47 Å². The second-order valence-corrected chi connectivity index (χ2v) is 7.11. The highest BCUT2D eigenvalue weighted by molar-refractivity contribution is 9.10. The molecule has 0 aliphatic carbocycles. The summed E-state index contributed by atoms with van der Waals surface area (Å²) in [5.74, 6) is -0.217. The van der Waals surface area contributed by atoms with Crippen LogP contribution in [-0.4, -0.2) is 17.5 Å². The van der Waals surface area contributed by atoms with Gasteiger partial charge in [-0.2, -0.15) is 11.8 Å². The molecule has 0 aromatic heterocycles. The summed E-state index contributed by atoms with van der Waals surface area (Å²) >= 11 is 5.05. The largest absolute Gasteiger partial charge is 0.309 e. The fourth-order valence-electron chi connectivity index (χ4n) is 1.37. The minimum atomic E-state index is -0.217. The average molecular weight is 320 g/mol. The maximum Gasteiger partial charge on any atom is 0.137 e. The van der Waals surface area contributed by atoms with Crippen LogP contribution in [-0.2, 0) is 0 Å². The van der Waals surface area contributed by atoms with Crippen LogP contribution >= 0.6 is 27.7 Å². The Morgan fingerprint density at radius 3 is 2.65 bits per heavy atom. The molecule has 1 rings (SSSR count). The summed E-state index contributed by atoms with van der Waals surface area (Å²) in [5, 5.41) is 3.47. The Morgan fingerprint density at radius 1 is 1.47 bits per heavy atom. The second-order valence-electron chi connectivity index (χ2n) is 4.74. The molecule has 4 heteroatoms. The molecule has 0 fully saturated rings. The number of hydrogen-bond donors (Lipinski definition) is 1. The van der Waals surface area contributed by atoms with Crippen molar-refractivity contribution in [3.8, 4) is 0 Å². The summed E-state index contributed by atoms with van der Waals surface area (Å²) in [4.78, 5) is 0. The zero-order valence-corrected chi connectivity index (χ0v) is 13.1. The zero-order valence-electron chi connectivity index (χ0n) is 10.7. The third-order valence-corrected chi connectivity index (χ3v) is 4.69. The first-order chi connectivity index (χ1) is 7.85. The molecule has 0 bridgehead atoms. The molecule has 0 saturated carbocycles. The summed E-state index contributed by atoms with van der Waals surface area (Å²) in [6.45, 7) is 7.43. The van der Waals surface area contributed by atoms with Crippen molar-refractivity contribution >= 4 is 27.7 Å². The van der Waals surface area contributed by atoms with Crippen LogP contribution in [0.5, 0.6) is 0 Å². The van der Waals surface area contributed by atoms with E-state index in [1.54, 1.807) is 0 Å². The Balaban J connectivity index is 2.64. The predicted octanol–water partition coefficient (Wildman–Crippen LogP) is 4.38. The van der Waals surface area contributed by atoms with Gasteiger partial charge in [0.05, 0.1) is 4.47 Å². The minimum absolute atomic E-state index is 0.214. The number of thioether (sulfide) groups is 1. The smallest absolute Gasteiger partial charge is 0.137 e. The minimum Gasteiger partial charge on any atom is -0.309 e. The van der Waals surface area contributed by atoms with Crippen molar-refractivity contribution in [3.63, 3.8) is 0 Å². The standard InChI is InChI=1S/C13H19BrFNS/c1-9(16-8-13(2,3)17-4)10-5-6-12(15)11(14)7-10/h5-7,9,16H,8H2,1-4H3. The molecule has 1 aromatic rings. The number of nitrogens with one attached hydrogen (secondary N) is 1. The van der Waals surface area contributed by atoms with Crippen LogP contribution in [0.1, 0.15) is 32.4 Å². The van der Waals surface area contributed by atoms with Crippen LogP contribution in [0, 0.1) is 5.82 Å². The van der Waals surface area contributed by atoms with E-state index in [1.165, 1.54) is 6.07 Å². The van der Waals surface area contributed by atoms with Gasteiger partial charge < -0.3 is 5.32 Å². The molecule has 0 saturated heterocycles. The van der Waals surface area contributed by atoms with E-state index in [-0.39, 0.29) is 16.6 Å². The van der Waals surface area contributed by atoms with Crippen LogP contribution < -0.4 is 5.32 Å². The highest BCUT2D eigenvalue weighted by Crippen LogP contribution is 2.24. The Morgan fingerprint density at radius 2 is 2.12 bits per heavy atom. The lowest BCUT2D eigenvalue weighted by molar-refractivity contribution is 0.521. The fourth-order valence-corrected chi connectivity index (χ4v) is 1.99. The molecule has 96 valence electrons. The molecule has 1 unspecified atom stereocenters. The normalized spacial score (nSPS) is 13.8. The van der Waals surface area contributed by atoms with E-state index in [0.717, 1.165) is 12.1 Å². The van der Waals surface area contributed by atoms with E-state index < -0.39 is 0 Å². The van der Waals surface area contributed by atoms with E-state index in [2.05, 4.69) is 48.3 Å². The van der Waals surface area contributed by atoms with Crippen molar-refractivity contribution in [2.24, 2.45) is 0 Å². The molecule has 1 N–H and O–H groups in total. The average Bonchev–Trinajstić information content (AvgIpc) is 2.30. The first kappa shape index (κ1) is 15.0. The maximum absolute atomic E-state index is 13.1. The van der Waals surface area contributed by atoms with Crippen LogP contribution in [0.25, 0.3) is 0 Å². The Kier molecular flexibility index (Phi) is 5.48. The topological polar surface area (TPSA) is 12.0 Å². The van der Waals surface area contributed by atoms with Gasteiger partial charge in [-0.3, -0.25) is 0 Å². The van der Waals surface area contributed by atoms with Crippen LogP contribution in [0.4, 0.5) is 4.39 Å². The van der Waals surface area contributed by atoms with Gasteiger partial charge in [-0.1, -0.05) is 6.07 Å². The Bertz CT molecular complexity index is 382. The van der Waals surface area contributed by atoms with E-state index in [4.69, 9.17) is 0 Å². The Hall–Kier alpha value is -0.0600. The van der Waals surface area contributed by atoms with Gasteiger partial charge in [0.25, 0.3) is 0 Å². The highest BCUT2D eigenvalue weighted by atomic mass is 79.9. The lowest BCUT2D eigenvalue weighted by atomic mass is 10.1. The number of hydrogen-bond acceptors (Lipinski definition) is 2. The first-order valence-corrected chi connectivity index (χ1v) is 7.61. The van der Waals surface area contributed by atoms with E-state index >= 15 is 0 Å². The number of benzene rings is 1. The summed E-state index contributed by atoms with van der Waals surface area (Å²) in [5.41, 5.74) is 1.09.